The molecule has 25 heavy (non-hydrogen) atoms. The summed E-state index contributed by atoms with van der Waals surface area (Å²) in [6.45, 7) is 10.9. The number of hydrogen-bond donors (Lipinski definition) is 0. The summed E-state index contributed by atoms with van der Waals surface area (Å²) in [6, 6.07) is 4.01. The van der Waals surface area contributed by atoms with Crippen molar-refractivity contribution in [2.45, 2.75) is 58.3 Å². The predicted octanol–water partition coefficient (Wildman–Crippen LogP) is 3.06. The molecular formula is C18H24BN3O3. The number of hydrogen-bond acceptors (Lipinski definition) is 5. The van der Waals surface area contributed by atoms with Crippen LogP contribution in [-0.4, -0.2) is 39.5 Å². The first-order valence-electron chi connectivity index (χ1n) is 8.76. The molecule has 0 saturated carbocycles. The van der Waals surface area contributed by atoms with Crippen molar-refractivity contribution in [2.75, 3.05) is 6.61 Å². The smallest absolute Gasteiger partial charge is 0.400 e. The first kappa shape index (κ1) is 16.8. The zero-order valence-corrected chi connectivity index (χ0v) is 15.4. The van der Waals surface area contributed by atoms with Gasteiger partial charge in [-0.2, -0.15) is 0 Å². The van der Waals surface area contributed by atoms with Gasteiger partial charge in [-0.25, -0.2) is 0 Å². The molecule has 0 N–H and O–H groups in total. The maximum Gasteiger partial charge on any atom is 0.490 e. The molecule has 0 aromatic carbocycles. The molecule has 2 aliphatic heterocycles. The Hall–Kier alpha value is -1.70. The van der Waals surface area contributed by atoms with E-state index < -0.39 is 0 Å². The molecule has 0 bridgehead atoms. The monoisotopic (exact) mass is 341 g/mol. The van der Waals surface area contributed by atoms with Crippen LogP contribution in [0.4, 0.5) is 0 Å². The van der Waals surface area contributed by atoms with E-state index in [0.29, 0.717) is 6.61 Å². The first-order chi connectivity index (χ1) is 11.8. The predicted molar refractivity (Wildman–Crippen MR) is 95.2 cm³/mol. The van der Waals surface area contributed by atoms with E-state index in [9.17, 15) is 0 Å². The van der Waals surface area contributed by atoms with Crippen molar-refractivity contribution in [3.63, 3.8) is 0 Å². The highest BCUT2D eigenvalue weighted by molar-refractivity contribution is 6.54. The Morgan fingerprint density at radius 1 is 1.12 bits per heavy atom. The summed E-state index contributed by atoms with van der Waals surface area (Å²) in [5.74, 6) is 0.864. The van der Waals surface area contributed by atoms with Crippen molar-refractivity contribution in [1.29, 1.82) is 0 Å². The van der Waals surface area contributed by atoms with Gasteiger partial charge in [-0.15, -0.1) is 10.2 Å². The quantitative estimate of drug-likeness (QED) is 0.786. The topological polar surface area (TPSA) is 57.9 Å². The fraction of sp³-hybridized carbons (Fsp3) is 0.556. The Labute approximate surface area is 148 Å². The molecule has 1 unspecified atom stereocenters. The lowest BCUT2D eigenvalue weighted by Crippen LogP contribution is -2.41. The standard InChI is InChI=1S/C18H24BN3O3/c1-12-20-21-16-7-6-13(11-22(12)16)15-10-14(8-9-23-15)19-24-17(2,3)18(4,5)25-19/h6-7,10-11,15H,8-9H2,1-5H3. The lowest BCUT2D eigenvalue weighted by atomic mass is 9.74. The number of fused-ring (bicyclic) bond motifs is 1. The van der Waals surface area contributed by atoms with Gasteiger partial charge in [-0.05, 0) is 52.6 Å². The van der Waals surface area contributed by atoms with Gasteiger partial charge in [-0.1, -0.05) is 12.1 Å². The van der Waals surface area contributed by atoms with Crippen molar-refractivity contribution in [3.8, 4) is 0 Å². The Bertz CT molecular complexity index is 827. The Kier molecular flexibility index (Phi) is 3.79. The summed E-state index contributed by atoms with van der Waals surface area (Å²) < 4.78 is 20.4. The summed E-state index contributed by atoms with van der Waals surface area (Å²) in [6.07, 6.45) is 4.88. The maximum absolute atomic E-state index is 6.19. The first-order valence-corrected chi connectivity index (χ1v) is 8.76. The Morgan fingerprint density at radius 2 is 1.84 bits per heavy atom. The summed E-state index contributed by atoms with van der Waals surface area (Å²) in [5, 5.41) is 8.24. The van der Waals surface area contributed by atoms with Crippen LogP contribution >= 0.6 is 0 Å². The average molecular weight is 341 g/mol. The molecule has 2 aromatic heterocycles. The molecule has 0 amide bonds. The number of nitrogens with zero attached hydrogens (tertiary/aromatic N) is 3. The van der Waals surface area contributed by atoms with Crippen LogP contribution in [0.1, 0.15) is 51.6 Å². The van der Waals surface area contributed by atoms with E-state index in [1.54, 1.807) is 0 Å². The van der Waals surface area contributed by atoms with E-state index in [1.807, 2.05) is 29.7 Å². The Balaban J connectivity index is 1.63. The van der Waals surface area contributed by atoms with Crippen molar-refractivity contribution >= 4 is 12.8 Å². The summed E-state index contributed by atoms with van der Waals surface area (Å²) in [4.78, 5) is 0. The number of aromatic nitrogens is 3. The van der Waals surface area contributed by atoms with Crippen LogP contribution in [0.25, 0.3) is 5.65 Å². The van der Waals surface area contributed by atoms with Gasteiger partial charge in [0.1, 0.15) is 11.9 Å². The molecule has 4 rings (SSSR count). The molecule has 1 atom stereocenters. The van der Waals surface area contributed by atoms with Crippen molar-refractivity contribution in [1.82, 2.24) is 14.6 Å². The molecule has 0 aliphatic carbocycles. The third kappa shape index (κ3) is 2.80. The average Bonchev–Trinajstić information content (AvgIpc) is 3.04. The lowest BCUT2D eigenvalue weighted by molar-refractivity contribution is 0.00578. The van der Waals surface area contributed by atoms with Crippen LogP contribution in [0.15, 0.2) is 29.9 Å². The maximum atomic E-state index is 6.19. The number of aryl methyl sites for hydroxylation is 1. The molecule has 6 nitrogen and oxygen atoms in total. The van der Waals surface area contributed by atoms with E-state index in [0.717, 1.165) is 28.9 Å². The molecule has 4 heterocycles. The second-order valence-corrected chi connectivity index (χ2v) is 7.81. The molecule has 2 aromatic rings. The van der Waals surface area contributed by atoms with Crippen LogP contribution in [0.2, 0.25) is 0 Å². The van der Waals surface area contributed by atoms with E-state index in [-0.39, 0.29) is 24.4 Å². The van der Waals surface area contributed by atoms with E-state index >= 15 is 0 Å². The van der Waals surface area contributed by atoms with Crippen LogP contribution in [0.3, 0.4) is 0 Å². The molecule has 7 heteroatoms. The highest BCUT2D eigenvalue weighted by Gasteiger charge is 2.52. The number of pyridine rings is 1. The second-order valence-electron chi connectivity index (χ2n) is 7.81. The van der Waals surface area contributed by atoms with Gasteiger partial charge in [0, 0.05) is 11.8 Å². The number of ether oxygens (including phenoxy) is 1. The van der Waals surface area contributed by atoms with E-state index in [2.05, 4.69) is 44.0 Å². The SMILES string of the molecule is Cc1nnc2ccc(C3C=C(B4OC(C)(C)C(C)(C)O4)CCO3)cn12. The fourth-order valence-corrected chi connectivity index (χ4v) is 3.20. The highest BCUT2D eigenvalue weighted by atomic mass is 16.7. The zero-order chi connectivity index (χ0) is 17.8. The van der Waals surface area contributed by atoms with Crippen molar-refractivity contribution < 1.29 is 14.0 Å². The van der Waals surface area contributed by atoms with Crippen LogP contribution in [0.5, 0.6) is 0 Å². The molecule has 132 valence electrons. The summed E-state index contributed by atoms with van der Waals surface area (Å²) in [5.41, 5.74) is 2.40. The minimum Gasteiger partial charge on any atom is -0.400 e. The molecular weight excluding hydrogens is 317 g/mol. The summed E-state index contributed by atoms with van der Waals surface area (Å²) >= 11 is 0. The summed E-state index contributed by atoms with van der Waals surface area (Å²) in [7, 11) is -0.309. The van der Waals surface area contributed by atoms with Crippen molar-refractivity contribution in [2.24, 2.45) is 0 Å². The minimum absolute atomic E-state index is 0.117. The van der Waals surface area contributed by atoms with Gasteiger partial charge in [-0.3, -0.25) is 4.40 Å². The Morgan fingerprint density at radius 3 is 2.56 bits per heavy atom. The van der Waals surface area contributed by atoms with Crippen molar-refractivity contribution in [3.05, 3.63) is 41.3 Å². The normalized spacial score (nSPS) is 25.4. The molecule has 1 saturated heterocycles. The molecule has 2 aliphatic rings. The van der Waals surface area contributed by atoms with Crippen LogP contribution in [0, 0.1) is 6.92 Å². The van der Waals surface area contributed by atoms with E-state index in [4.69, 9.17) is 14.0 Å². The van der Waals surface area contributed by atoms with Gasteiger partial charge in [0.25, 0.3) is 0 Å². The molecule has 1 fully saturated rings. The van der Waals surface area contributed by atoms with Gasteiger partial charge in [0.2, 0.25) is 0 Å². The molecule has 0 radical (unpaired) electrons. The van der Waals surface area contributed by atoms with Gasteiger partial charge >= 0.3 is 7.12 Å². The van der Waals surface area contributed by atoms with Gasteiger partial charge < -0.3 is 14.0 Å². The zero-order valence-electron chi connectivity index (χ0n) is 15.4. The fourth-order valence-electron chi connectivity index (χ4n) is 3.20. The lowest BCUT2D eigenvalue weighted by Gasteiger charge is -2.32. The van der Waals surface area contributed by atoms with E-state index in [1.165, 1.54) is 0 Å². The van der Waals surface area contributed by atoms with Gasteiger partial charge in [0.15, 0.2) is 5.65 Å². The second kappa shape index (κ2) is 5.66. The highest BCUT2D eigenvalue weighted by Crippen LogP contribution is 2.40. The van der Waals surface area contributed by atoms with Crippen LogP contribution in [-0.2, 0) is 14.0 Å². The van der Waals surface area contributed by atoms with Gasteiger partial charge in [0.05, 0.1) is 17.8 Å². The minimum atomic E-state index is -0.329. The third-order valence-electron chi connectivity index (χ3n) is 5.53. The largest absolute Gasteiger partial charge is 0.490 e. The third-order valence-corrected chi connectivity index (χ3v) is 5.53. The molecule has 0 spiro atoms. The number of rotatable bonds is 2. The van der Waals surface area contributed by atoms with Crippen LogP contribution < -0.4 is 0 Å².